The molecule has 0 aliphatic carbocycles. The molecule has 598 valence electrons. The third-order valence-electron chi connectivity index (χ3n) is 23.2. The van der Waals surface area contributed by atoms with E-state index in [0.29, 0.717) is 75.7 Å². The summed E-state index contributed by atoms with van der Waals surface area (Å²) in [5.74, 6) is 6.93. The summed E-state index contributed by atoms with van der Waals surface area (Å²) in [5, 5.41) is 3.65. The summed E-state index contributed by atoms with van der Waals surface area (Å²) in [6.07, 6.45) is 0. The van der Waals surface area contributed by atoms with E-state index in [9.17, 15) is 0 Å². The SMILES string of the molecule is c1ccc(-c2cc(-c3ccccc3)nc(-c3cccc(-n4c5ccc(-c6nc(-c7ccccc7)nc(-c7ccccc7)n6)cc5c5cc(-c6nc(-c7ccccc7)nc(-c7ccccc7)n6)ccc54)c3-c3ccccc3-n3c4ccc(-c5nc(-c6ccccc6)nc(-c6ccccc6)n5)cc4c4cc(-c5nc(-c6ccccc6)nc(-c6ccccc6)n5)ccc43)n2)cc1. The summed E-state index contributed by atoms with van der Waals surface area (Å²) in [6, 6.07) is 145. The highest BCUT2D eigenvalue weighted by atomic mass is 15.1. The summed E-state index contributed by atoms with van der Waals surface area (Å²) >= 11 is 0. The zero-order valence-electron chi connectivity index (χ0n) is 68.6. The van der Waals surface area contributed by atoms with E-state index in [1.54, 1.807) is 0 Å². The molecule has 0 radical (unpaired) electrons. The van der Waals surface area contributed by atoms with Crippen LogP contribution in [0, 0.1) is 0 Å². The minimum atomic E-state index is 0.505. The van der Waals surface area contributed by atoms with Crippen molar-refractivity contribution in [3.63, 3.8) is 0 Å². The normalized spacial score (nSPS) is 11.4. The predicted octanol–water partition coefficient (Wildman–Crippen LogP) is 26.1. The van der Waals surface area contributed by atoms with Crippen molar-refractivity contribution in [2.75, 3.05) is 0 Å². The number of fused-ring (bicyclic) bond motifs is 6. The number of para-hydroxylation sites is 1. The number of hydrogen-bond donors (Lipinski definition) is 0. The van der Waals surface area contributed by atoms with Gasteiger partial charge in [-0.1, -0.05) is 334 Å². The third kappa shape index (κ3) is 14.3. The van der Waals surface area contributed by atoms with E-state index in [1.807, 2.05) is 255 Å². The Kier molecular flexibility index (Phi) is 19.1. The van der Waals surface area contributed by atoms with Crippen LogP contribution in [0.15, 0.2) is 425 Å². The lowest BCUT2D eigenvalue weighted by Gasteiger charge is -2.21. The molecule has 23 aromatic rings. The lowest BCUT2D eigenvalue weighted by atomic mass is 9.94. The summed E-state index contributed by atoms with van der Waals surface area (Å²) in [5.41, 5.74) is 21.2. The maximum Gasteiger partial charge on any atom is 0.164 e. The molecule has 7 aromatic heterocycles. The molecule has 0 aliphatic rings. The molecule has 0 bridgehead atoms. The van der Waals surface area contributed by atoms with Gasteiger partial charge in [0.15, 0.2) is 75.7 Å². The van der Waals surface area contributed by atoms with Gasteiger partial charge in [-0.05, 0) is 91.0 Å². The van der Waals surface area contributed by atoms with Crippen LogP contribution in [0.2, 0.25) is 0 Å². The van der Waals surface area contributed by atoms with Crippen LogP contribution in [0.3, 0.4) is 0 Å². The number of aromatic nitrogens is 16. The molecule has 7 heterocycles. The van der Waals surface area contributed by atoms with Crippen molar-refractivity contribution < 1.29 is 0 Å². The minimum absolute atomic E-state index is 0.505. The van der Waals surface area contributed by atoms with E-state index in [0.717, 1.165) is 161 Å². The van der Waals surface area contributed by atoms with Gasteiger partial charge in [0, 0.05) is 116 Å². The van der Waals surface area contributed by atoms with Gasteiger partial charge in [0.25, 0.3) is 0 Å². The molecule has 0 saturated heterocycles. The molecule has 0 saturated carbocycles. The molecule has 16 aromatic carbocycles. The predicted molar refractivity (Wildman–Crippen MR) is 511 cm³/mol. The summed E-state index contributed by atoms with van der Waals surface area (Å²) in [4.78, 5) is 74.6. The van der Waals surface area contributed by atoms with Crippen LogP contribution in [0.5, 0.6) is 0 Å². The molecule has 0 spiro atoms. The van der Waals surface area contributed by atoms with Gasteiger partial charge in [-0.15, -0.1) is 0 Å². The van der Waals surface area contributed by atoms with E-state index in [4.69, 9.17) is 69.8 Å². The van der Waals surface area contributed by atoms with Crippen molar-refractivity contribution >= 4 is 43.6 Å². The molecule has 0 unspecified atom stereocenters. The van der Waals surface area contributed by atoms with Gasteiger partial charge in [-0.2, -0.15) is 0 Å². The van der Waals surface area contributed by atoms with Gasteiger partial charge in [-0.3, -0.25) is 0 Å². The highest BCUT2D eigenvalue weighted by molar-refractivity contribution is 6.14. The summed E-state index contributed by atoms with van der Waals surface area (Å²) in [7, 11) is 0. The maximum atomic E-state index is 5.71. The monoisotopic (exact) mass is 1640 g/mol. The lowest BCUT2D eigenvalue weighted by Crippen LogP contribution is -2.05. The fourth-order valence-corrected chi connectivity index (χ4v) is 17.0. The van der Waals surface area contributed by atoms with E-state index in [-0.39, 0.29) is 0 Å². The van der Waals surface area contributed by atoms with Crippen molar-refractivity contribution in [3.05, 3.63) is 425 Å². The van der Waals surface area contributed by atoms with Crippen molar-refractivity contribution in [2.24, 2.45) is 0 Å². The second-order valence-corrected chi connectivity index (χ2v) is 31.2. The van der Waals surface area contributed by atoms with Gasteiger partial charge in [-0.25, -0.2) is 69.8 Å². The number of benzene rings is 16. The highest BCUT2D eigenvalue weighted by Crippen LogP contribution is 2.48. The largest absolute Gasteiger partial charge is 0.309 e. The Morgan fingerprint density at radius 3 is 0.594 bits per heavy atom. The Labute approximate surface area is 735 Å². The van der Waals surface area contributed by atoms with Crippen molar-refractivity contribution in [1.82, 2.24) is 78.9 Å². The first-order valence-corrected chi connectivity index (χ1v) is 42.3. The first kappa shape index (κ1) is 75.2. The van der Waals surface area contributed by atoms with Crippen LogP contribution >= 0.6 is 0 Å². The lowest BCUT2D eigenvalue weighted by molar-refractivity contribution is 1.07. The molecule has 23 rings (SSSR count). The number of hydrogen-bond acceptors (Lipinski definition) is 14. The third-order valence-corrected chi connectivity index (χ3v) is 23.2. The molecular formula is C112H70N16. The molecule has 0 N–H and O–H groups in total. The molecule has 128 heavy (non-hydrogen) atoms. The van der Waals surface area contributed by atoms with Crippen LogP contribution in [0.4, 0.5) is 0 Å². The van der Waals surface area contributed by atoms with Crippen molar-refractivity contribution in [3.8, 4) is 193 Å². The topological polar surface area (TPSA) is 190 Å². The zero-order valence-corrected chi connectivity index (χ0v) is 68.6. The van der Waals surface area contributed by atoms with Gasteiger partial charge < -0.3 is 9.13 Å². The summed E-state index contributed by atoms with van der Waals surface area (Å²) in [6.45, 7) is 0. The van der Waals surface area contributed by atoms with Crippen molar-refractivity contribution in [2.45, 2.75) is 0 Å². The number of nitrogens with zero attached hydrogens (tertiary/aromatic N) is 16. The fraction of sp³-hybridized carbons (Fsp3) is 0. The van der Waals surface area contributed by atoms with Gasteiger partial charge in [0.05, 0.1) is 44.8 Å². The fourth-order valence-electron chi connectivity index (χ4n) is 17.0. The van der Waals surface area contributed by atoms with E-state index >= 15 is 0 Å². The van der Waals surface area contributed by atoms with Crippen LogP contribution in [-0.4, -0.2) is 78.9 Å². The van der Waals surface area contributed by atoms with Crippen molar-refractivity contribution in [1.29, 1.82) is 0 Å². The van der Waals surface area contributed by atoms with Gasteiger partial charge in [0.2, 0.25) is 0 Å². The maximum absolute atomic E-state index is 5.71. The van der Waals surface area contributed by atoms with Gasteiger partial charge in [0.1, 0.15) is 0 Å². The average Bonchev–Trinajstić information content (AvgIpc) is 1.54. The highest BCUT2D eigenvalue weighted by Gasteiger charge is 2.29. The Morgan fingerprint density at radius 2 is 0.336 bits per heavy atom. The standard InChI is InChI=1S/C112H70N16/c1-11-34-71(35-12-1)91-70-92(72-36-13-2-14-37-72)114-112(113-91)86-55-33-57-98(128-96-64-60-83(110-123-104(77-46-23-7-24-47-77)117-105(124-110)78-48-25-8-26-49-78)68-89(96)90-69-84(61-65-97(90)128)111-125-106(79-50-27-9-28-51-79)118-107(126-111)80-52-29-10-30-53-80)99(86)85-54-31-32-56-93(85)127-94-62-58-81(108-119-100(73-38-15-3-16-39-73)115-101(120-108)74-40-17-4-18-41-74)66-87(94)88-67-82(59-63-95(88)127)109-121-102(75-42-19-5-20-43-75)116-103(122-109)76-44-21-6-22-45-76/h1-70H. The Bertz CT molecular complexity index is 7480. The van der Waals surface area contributed by atoms with E-state index in [2.05, 4.69) is 179 Å². The zero-order chi connectivity index (χ0) is 84.8. The quantitative estimate of drug-likeness (QED) is 0.0788. The molecular weight excluding hydrogens is 1570 g/mol. The molecule has 0 amide bonds. The summed E-state index contributed by atoms with van der Waals surface area (Å²) < 4.78 is 4.77. The molecule has 0 atom stereocenters. The van der Waals surface area contributed by atoms with Crippen LogP contribution in [-0.2, 0) is 0 Å². The molecule has 0 aliphatic heterocycles. The number of rotatable bonds is 18. The Balaban J connectivity index is 0.802. The van der Waals surface area contributed by atoms with Gasteiger partial charge >= 0.3 is 0 Å². The molecule has 0 fully saturated rings. The first-order chi connectivity index (χ1) is 63.4. The van der Waals surface area contributed by atoms with Crippen LogP contribution in [0.1, 0.15) is 0 Å². The smallest absolute Gasteiger partial charge is 0.164 e. The first-order valence-electron chi connectivity index (χ1n) is 42.3. The molecule has 16 heteroatoms. The van der Waals surface area contributed by atoms with Crippen LogP contribution < -0.4 is 0 Å². The van der Waals surface area contributed by atoms with Crippen LogP contribution in [0.25, 0.3) is 237 Å². The van der Waals surface area contributed by atoms with E-state index in [1.165, 1.54) is 0 Å². The second kappa shape index (κ2) is 32.6. The second-order valence-electron chi connectivity index (χ2n) is 31.2. The minimum Gasteiger partial charge on any atom is -0.309 e. The van der Waals surface area contributed by atoms with E-state index < -0.39 is 0 Å². The Morgan fingerprint density at radius 1 is 0.133 bits per heavy atom. The Hall–Kier alpha value is -17.8. The average molecular weight is 1640 g/mol. The molecule has 16 nitrogen and oxygen atoms in total.